The number of hydrogen-bond acceptors (Lipinski definition) is 4. The number of carbonyl (C=O) groups is 1. The Morgan fingerprint density at radius 3 is 2.85 bits per heavy atom. The third-order valence-electron chi connectivity index (χ3n) is 2.75. The van der Waals surface area contributed by atoms with E-state index in [0.717, 1.165) is 0 Å². The molecule has 20 heavy (non-hydrogen) atoms. The maximum Gasteiger partial charge on any atom is 0.315 e. The van der Waals surface area contributed by atoms with Crippen molar-refractivity contribution in [2.24, 2.45) is 0 Å². The fourth-order valence-corrected chi connectivity index (χ4v) is 2.38. The van der Waals surface area contributed by atoms with Gasteiger partial charge in [0.1, 0.15) is 5.92 Å². The van der Waals surface area contributed by atoms with Crippen LogP contribution >= 0.6 is 23.2 Å². The molecule has 1 atom stereocenters. The van der Waals surface area contributed by atoms with Crippen molar-refractivity contribution in [3.63, 3.8) is 0 Å². The molecule has 106 valence electrons. The Morgan fingerprint density at radius 2 is 2.25 bits per heavy atom. The van der Waals surface area contributed by atoms with Crippen molar-refractivity contribution < 1.29 is 9.53 Å². The van der Waals surface area contributed by atoms with Gasteiger partial charge in [-0.3, -0.25) is 9.48 Å². The van der Waals surface area contributed by atoms with Crippen molar-refractivity contribution in [2.75, 3.05) is 6.61 Å². The third-order valence-corrected chi connectivity index (χ3v) is 3.31. The van der Waals surface area contributed by atoms with E-state index < -0.39 is 5.92 Å². The van der Waals surface area contributed by atoms with Gasteiger partial charge < -0.3 is 4.74 Å². The summed E-state index contributed by atoms with van der Waals surface area (Å²) in [6, 6.07) is 5.02. The first-order chi connectivity index (χ1) is 9.61. The first-order valence-electron chi connectivity index (χ1n) is 6.07. The monoisotopic (exact) mass is 313 g/mol. The molecule has 0 fully saturated rings. The lowest BCUT2D eigenvalue weighted by Gasteiger charge is -2.17. The molecule has 2 rings (SSSR count). The molecule has 0 saturated carbocycles. The molecule has 0 amide bonds. The number of esters is 1. The number of carbonyl (C=O) groups excluding carboxylic acids is 1. The van der Waals surface area contributed by atoms with E-state index in [-0.39, 0.29) is 5.97 Å². The largest absolute Gasteiger partial charge is 0.465 e. The molecule has 0 aliphatic carbocycles. The van der Waals surface area contributed by atoms with E-state index in [0.29, 0.717) is 28.8 Å². The van der Waals surface area contributed by atoms with E-state index in [9.17, 15) is 4.79 Å². The second-order valence-corrected chi connectivity index (χ2v) is 4.94. The molecule has 0 aliphatic rings. The highest BCUT2D eigenvalue weighted by Crippen LogP contribution is 2.29. The molecule has 7 heteroatoms. The molecule has 1 aromatic heterocycles. The highest BCUT2D eigenvalue weighted by molar-refractivity contribution is 6.35. The summed E-state index contributed by atoms with van der Waals surface area (Å²) < 4.78 is 6.66. The summed E-state index contributed by atoms with van der Waals surface area (Å²) in [4.78, 5) is 12.1. The Labute approximate surface area is 126 Å². The molecular formula is C13H13Cl2N3O2. The number of hydrogen-bond donors (Lipinski definition) is 0. The van der Waals surface area contributed by atoms with E-state index in [1.807, 2.05) is 0 Å². The van der Waals surface area contributed by atoms with Gasteiger partial charge in [-0.2, -0.15) is 0 Å². The van der Waals surface area contributed by atoms with Gasteiger partial charge in [-0.25, -0.2) is 0 Å². The van der Waals surface area contributed by atoms with Crippen LogP contribution in [-0.2, 0) is 16.1 Å². The van der Waals surface area contributed by atoms with Gasteiger partial charge in [0.05, 0.1) is 19.3 Å². The lowest BCUT2D eigenvalue weighted by molar-refractivity contribution is -0.145. The zero-order chi connectivity index (χ0) is 14.5. The van der Waals surface area contributed by atoms with Gasteiger partial charge in [0, 0.05) is 16.2 Å². The summed E-state index contributed by atoms with van der Waals surface area (Å²) >= 11 is 12.0. The number of aromatic nitrogens is 3. The standard InChI is InChI=1S/C13H13Cl2N3O2/c1-2-20-13(19)11(8-18-6-5-16-17-18)10-4-3-9(14)7-12(10)15/h3-7,11H,2,8H2,1H3. The molecule has 0 N–H and O–H groups in total. The van der Waals surface area contributed by atoms with Gasteiger partial charge >= 0.3 is 5.97 Å². The lowest BCUT2D eigenvalue weighted by atomic mass is 9.99. The molecule has 5 nitrogen and oxygen atoms in total. The van der Waals surface area contributed by atoms with E-state index >= 15 is 0 Å². The van der Waals surface area contributed by atoms with Gasteiger partial charge in [0.2, 0.25) is 0 Å². The van der Waals surface area contributed by atoms with Crippen molar-refractivity contribution in [2.45, 2.75) is 19.4 Å². The molecule has 1 aromatic carbocycles. The van der Waals surface area contributed by atoms with Crippen molar-refractivity contribution in [1.29, 1.82) is 0 Å². The molecule has 1 unspecified atom stereocenters. The fraction of sp³-hybridized carbons (Fsp3) is 0.308. The second-order valence-electron chi connectivity index (χ2n) is 4.10. The van der Waals surface area contributed by atoms with Crippen molar-refractivity contribution in [1.82, 2.24) is 15.0 Å². The van der Waals surface area contributed by atoms with Crippen LogP contribution in [0.1, 0.15) is 18.4 Å². The lowest BCUT2D eigenvalue weighted by Crippen LogP contribution is -2.22. The van der Waals surface area contributed by atoms with Crippen LogP contribution in [0.3, 0.4) is 0 Å². The Morgan fingerprint density at radius 1 is 1.45 bits per heavy atom. The Hall–Kier alpha value is -1.59. The Bertz CT molecular complexity index is 587. The van der Waals surface area contributed by atoms with Crippen LogP contribution in [0.2, 0.25) is 10.0 Å². The van der Waals surface area contributed by atoms with Crippen LogP contribution in [0.15, 0.2) is 30.6 Å². The van der Waals surface area contributed by atoms with Gasteiger partial charge in [-0.15, -0.1) is 5.10 Å². The van der Waals surface area contributed by atoms with Crippen LogP contribution in [-0.4, -0.2) is 27.6 Å². The van der Waals surface area contributed by atoms with Crippen molar-refractivity contribution >= 4 is 29.2 Å². The third kappa shape index (κ3) is 3.49. The zero-order valence-electron chi connectivity index (χ0n) is 10.8. The fourth-order valence-electron chi connectivity index (χ4n) is 1.84. The predicted octanol–water partition coefficient (Wildman–Crippen LogP) is 2.93. The molecule has 0 bridgehead atoms. The quantitative estimate of drug-likeness (QED) is 0.796. The topological polar surface area (TPSA) is 57.0 Å². The summed E-state index contributed by atoms with van der Waals surface area (Å²) in [5.74, 6) is -0.909. The van der Waals surface area contributed by atoms with Gasteiger partial charge in [0.15, 0.2) is 0 Å². The number of benzene rings is 1. The maximum atomic E-state index is 12.1. The molecule has 1 heterocycles. The number of halogens is 2. The van der Waals surface area contributed by atoms with Crippen LogP contribution in [0.5, 0.6) is 0 Å². The molecule has 0 spiro atoms. The summed E-state index contributed by atoms with van der Waals surface area (Å²) in [6.07, 6.45) is 3.22. The minimum absolute atomic E-state index is 0.303. The van der Waals surface area contributed by atoms with E-state index in [2.05, 4.69) is 10.3 Å². The van der Waals surface area contributed by atoms with Gasteiger partial charge in [-0.05, 0) is 24.6 Å². The average molecular weight is 314 g/mol. The van der Waals surface area contributed by atoms with Crippen LogP contribution in [0, 0.1) is 0 Å². The number of ether oxygens (including phenoxy) is 1. The Kier molecular flexibility index (Phi) is 4.98. The normalized spacial score (nSPS) is 12.2. The van der Waals surface area contributed by atoms with Gasteiger partial charge in [-0.1, -0.05) is 34.5 Å². The predicted molar refractivity (Wildman–Crippen MR) is 75.9 cm³/mol. The van der Waals surface area contributed by atoms with E-state index in [1.54, 1.807) is 42.2 Å². The summed E-state index contributed by atoms with van der Waals surface area (Å²) in [5.41, 5.74) is 0.657. The minimum atomic E-state index is -0.554. The first kappa shape index (κ1) is 14.8. The average Bonchev–Trinajstić information content (AvgIpc) is 2.90. The maximum absolute atomic E-state index is 12.1. The van der Waals surface area contributed by atoms with Crippen LogP contribution in [0.25, 0.3) is 0 Å². The van der Waals surface area contributed by atoms with Crippen molar-refractivity contribution in [3.8, 4) is 0 Å². The highest BCUT2D eigenvalue weighted by Gasteiger charge is 2.25. The van der Waals surface area contributed by atoms with Crippen molar-refractivity contribution in [3.05, 3.63) is 46.2 Å². The van der Waals surface area contributed by atoms with E-state index in [1.165, 1.54) is 0 Å². The minimum Gasteiger partial charge on any atom is -0.465 e. The summed E-state index contributed by atoms with van der Waals surface area (Å²) in [6.45, 7) is 2.37. The smallest absolute Gasteiger partial charge is 0.315 e. The molecule has 0 saturated heterocycles. The Balaban J connectivity index is 2.32. The first-order valence-corrected chi connectivity index (χ1v) is 6.83. The van der Waals surface area contributed by atoms with E-state index in [4.69, 9.17) is 27.9 Å². The summed E-state index contributed by atoms with van der Waals surface area (Å²) in [7, 11) is 0. The zero-order valence-corrected chi connectivity index (χ0v) is 12.3. The SMILES string of the molecule is CCOC(=O)C(Cn1ccnn1)c1ccc(Cl)cc1Cl. The second kappa shape index (κ2) is 6.72. The van der Waals surface area contributed by atoms with Crippen LogP contribution < -0.4 is 0 Å². The molecular weight excluding hydrogens is 301 g/mol. The highest BCUT2D eigenvalue weighted by atomic mass is 35.5. The number of rotatable bonds is 5. The molecule has 2 aromatic rings. The molecule has 0 radical (unpaired) electrons. The van der Waals surface area contributed by atoms with Gasteiger partial charge in [0.25, 0.3) is 0 Å². The van der Waals surface area contributed by atoms with Crippen LogP contribution in [0.4, 0.5) is 0 Å². The number of nitrogens with zero attached hydrogens (tertiary/aromatic N) is 3. The molecule has 0 aliphatic heterocycles. The summed E-state index contributed by atoms with van der Waals surface area (Å²) in [5, 5.41) is 8.52.